The van der Waals surface area contributed by atoms with Crippen LogP contribution in [0.2, 0.25) is 0 Å². The maximum absolute atomic E-state index is 13.8. The Morgan fingerprint density at radius 1 is 1.19 bits per heavy atom. The minimum absolute atomic E-state index is 0.0585. The summed E-state index contributed by atoms with van der Waals surface area (Å²) in [5.74, 6) is -0.181. The number of thioether (sulfide) groups is 1. The monoisotopic (exact) mass is 371 g/mol. The van der Waals surface area contributed by atoms with Crippen molar-refractivity contribution in [2.24, 2.45) is 5.16 Å². The molecule has 2 aromatic rings. The molecule has 0 saturated carbocycles. The van der Waals surface area contributed by atoms with E-state index in [1.165, 1.54) is 12.1 Å². The van der Waals surface area contributed by atoms with E-state index >= 15 is 0 Å². The number of nitrogens with zero attached hydrogens (tertiary/aromatic N) is 1. The highest BCUT2D eigenvalue weighted by atomic mass is 32.2. The lowest BCUT2D eigenvalue weighted by Crippen LogP contribution is -2.14. The van der Waals surface area contributed by atoms with Crippen LogP contribution in [0.1, 0.15) is 17.5 Å². The Bertz CT molecular complexity index is 906. The molecule has 5 nitrogen and oxygen atoms in total. The standard InChI is InChI=1S/C19H14FNO4S/c20-15-4-2-1-3-14(15)16(21-24)11-25-13-7-5-12(6-8-13)9-18-17(22)10-19(23)26-18/h1-9,24H,10-11H2/b18-9-,21-16?. The number of halogens is 1. The van der Waals surface area contributed by atoms with Gasteiger partial charge in [-0.15, -0.1) is 0 Å². The van der Waals surface area contributed by atoms with Crippen molar-refractivity contribution in [2.75, 3.05) is 6.61 Å². The minimum atomic E-state index is -0.501. The Balaban J connectivity index is 1.66. The zero-order valence-corrected chi connectivity index (χ0v) is 14.3. The molecular weight excluding hydrogens is 357 g/mol. The molecule has 0 aliphatic carbocycles. The predicted molar refractivity (Wildman–Crippen MR) is 96.9 cm³/mol. The molecule has 0 aromatic heterocycles. The molecule has 1 aliphatic rings. The van der Waals surface area contributed by atoms with Crippen LogP contribution in [0.15, 0.2) is 58.6 Å². The first-order valence-corrected chi connectivity index (χ1v) is 8.53. The van der Waals surface area contributed by atoms with Crippen molar-refractivity contribution in [3.63, 3.8) is 0 Å². The van der Waals surface area contributed by atoms with E-state index in [-0.39, 0.29) is 35.2 Å². The van der Waals surface area contributed by atoms with Crippen molar-refractivity contribution in [3.8, 4) is 5.75 Å². The van der Waals surface area contributed by atoms with Gasteiger partial charge in [0.2, 0.25) is 5.12 Å². The highest BCUT2D eigenvalue weighted by molar-refractivity contribution is 8.18. The average molecular weight is 371 g/mol. The Labute approximate surface area is 153 Å². The summed E-state index contributed by atoms with van der Waals surface area (Å²) in [7, 11) is 0. The lowest BCUT2D eigenvalue weighted by molar-refractivity contribution is -0.119. The van der Waals surface area contributed by atoms with Gasteiger partial charge in [-0.05, 0) is 47.7 Å². The van der Waals surface area contributed by atoms with Gasteiger partial charge >= 0.3 is 0 Å². The van der Waals surface area contributed by atoms with Crippen LogP contribution in [-0.2, 0) is 9.59 Å². The molecular formula is C19H14FNO4S. The van der Waals surface area contributed by atoms with Gasteiger partial charge in [0.1, 0.15) is 23.9 Å². The minimum Gasteiger partial charge on any atom is -0.487 e. The summed E-state index contributed by atoms with van der Waals surface area (Å²) in [6.07, 6.45) is 1.60. The van der Waals surface area contributed by atoms with E-state index in [9.17, 15) is 14.0 Å². The van der Waals surface area contributed by atoms with Crippen molar-refractivity contribution in [1.29, 1.82) is 0 Å². The number of rotatable bonds is 5. The number of carbonyl (C=O) groups excluding carboxylic acids is 2. The van der Waals surface area contributed by atoms with Gasteiger partial charge in [0.25, 0.3) is 0 Å². The van der Waals surface area contributed by atoms with Gasteiger partial charge in [0, 0.05) is 5.56 Å². The topological polar surface area (TPSA) is 76.0 Å². The van der Waals surface area contributed by atoms with Gasteiger partial charge in [-0.1, -0.05) is 29.4 Å². The summed E-state index contributed by atoms with van der Waals surface area (Å²) in [6.45, 7) is -0.110. The van der Waals surface area contributed by atoms with Gasteiger partial charge in [-0.25, -0.2) is 4.39 Å². The molecule has 132 valence electrons. The second-order valence-corrected chi connectivity index (χ2v) is 6.57. The van der Waals surface area contributed by atoms with E-state index in [0.29, 0.717) is 10.7 Å². The number of carbonyl (C=O) groups is 2. The number of ether oxygens (including phenoxy) is 1. The Morgan fingerprint density at radius 2 is 1.92 bits per heavy atom. The number of oxime groups is 1. The molecule has 1 N–H and O–H groups in total. The molecule has 1 aliphatic heterocycles. The average Bonchev–Trinajstić information content (AvgIpc) is 2.95. The fourth-order valence-electron chi connectivity index (χ4n) is 2.36. The maximum Gasteiger partial charge on any atom is 0.201 e. The van der Waals surface area contributed by atoms with Gasteiger partial charge < -0.3 is 9.94 Å². The highest BCUT2D eigenvalue weighted by Gasteiger charge is 2.25. The Hall–Kier alpha value is -2.93. The molecule has 0 unspecified atom stereocenters. The van der Waals surface area contributed by atoms with E-state index in [2.05, 4.69) is 5.16 Å². The maximum atomic E-state index is 13.8. The number of hydrogen-bond donors (Lipinski definition) is 1. The Morgan fingerprint density at radius 3 is 2.54 bits per heavy atom. The quantitative estimate of drug-likeness (QED) is 0.285. The van der Waals surface area contributed by atoms with Crippen LogP contribution >= 0.6 is 11.8 Å². The van der Waals surface area contributed by atoms with E-state index in [0.717, 1.165) is 17.3 Å². The normalized spacial score (nSPS) is 16.3. The second kappa shape index (κ2) is 7.97. The highest BCUT2D eigenvalue weighted by Crippen LogP contribution is 2.30. The molecule has 1 saturated heterocycles. The lowest BCUT2D eigenvalue weighted by atomic mass is 10.1. The van der Waals surface area contributed by atoms with Crippen LogP contribution in [0, 0.1) is 5.82 Å². The molecule has 0 amide bonds. The van der Waals surface area contributed by atoms with Gasteiger partial charge in [-0.3, -0.25) is 9.59 Å². The molecule has 2 aromatic carbocycles. The number of allylic oxidation sites excluding steroid dienone is 1. The number of Topliss-reactive ketones (excluding diaryl/α,β-unsaturated/α-hetero) is 1. The zero-order chi connectivity index (χ0) is 18.5. The number of hydrogen-bond acceptors (Lipinski definition) is 6. The summed E-state index contributed by atoms with van der Waals surface area (Å²) in [5.41, 5.74) is 0.992. The molecule has 0 atom stereocenters. The first-order chi connectivity index (χ1) is 12.6. The molecule has 26 heavy (non-hydrogen) atoms. The molecule has 0 radical (unpaired) electrons. The third-order valence-corrected chi connectivity index (χ3v) is 4.60. The third-order valence-electron chi connectivity index (χ3n) is 3.66. The van der Waals surface area contributed by atoms with Crippen molar-refractivity contribution in [3.05, 3.63) is 70.4 Å². The summed E-state index contributed by atoms with van der Waals surface area (Å²) >= 11 is 0.951. The predicted octanol–water partition coefficient (Wildman–Crippen LogP) is 3.66. The molecule has 7 heteroatoms. The number of benzene rings is 2. The van der Waals surface area contributed by atoms with Crippen molar-refractivity contribution in [2.45, 2.75) is 6.42 Å². The van der Waals surface area contributed by atoms with E-state index in [1.807, 2.05) is 0 Å². The third kappa shape index (κ3) is 4.18. The molecule has 0 spiro atoms. The zero-order valence-electron chi connectivity index (χ0n) is 13.5. The fraction of sp³-hybridized carbons (Fsp3) is 0.105. The van der Waals surface area contributed by atoms with Gasteiger partial charge in [0.05, 0.1) is 11.3 Å². The summed E-state index contributed by atoms with van der Waals surface area (Å²) < 4.78 is 19.3. The largest absolute Gasteiger partial charge is 0.487 e. The molecule has 0 bridgehead atoms. The molecule has 1 fully saturated rings. The first-order valence-electron chi connectivity index (χ1n) is 7.71. The van der Waals surface area contributed by atoms with Gasteiger partial charge in [-0.2, -0.15) is 0 Å². The van der Waals surface area contributed by atoms with E-state index < -0.39 is 5.82 Å². The second-order valence-electron chi connectivity index (χ2n) is 5.47. The SMILES string of the molecule is O=C1CC(=O)/C(=C/c2ccc(OCC(=NO)c3ccccc3F)cc2)S1. The summed E-state index contributed by atoms with van der Waals surface area (Å²) in [5, 5.41) is 12.1. The van der Waals surface area contributed by atoms with Crippen molar-refractivity contribution in [1.82, 2.24) is 0 Å². The van der Waals surface area contributed by atoms with Crippen molar-refractivity contribution < 1.29 is 23.9 Å². The van der Waals surface area contributed by atoms with E-state index in [4.69, 9.17) is 9.94 Å². The van der Waals surface area contributed by atoms with Crippen molar-refractivity contribution >= 4 is 34.4 Å². The summed E-state index contributed by atoms with van der Waals surface area (Å²) in [6, 6.07) is 12.8. The number of ketones is 1. The summed E-state index contributed by atoms with van der Waals surface area (Å²) in [4.78, 5) is 23.3. The van der Waals surface area contributed by atoms with Crippen LogP contribution in [-0.4, -0.2) is 28.4 Å². The van der Waals surface area contributed by atoms with Crippen LogP contribution in [0.5, 0.6) is 5.75 Å². The first kappa shape index (κ1) is 17.9. The smallest absolute Gasteiger partial charge is 0.201 e. The van der Waals surface area contributed by atoms with Crippen LogP contribution in [0.25, 0.3) is 6.08 Å². The lowest BCUT2D eigenvalue weighted by Gasteiger charge is -2.09. The van der Waals surface area contributed by atoms with Gasteiger partial charge in [0.15, 0.2) is 5.78 Å². The van der Waals surface area contributed by atoms with Crippen LogP contribution < -0.4 is 4.74 Å². The van der Waals surface area contributed by atoms with Crippen LogP contribution in [0.4, 0.5) is 4.39 Å². The molecule has 3 rings (SSSR count). The molecule has 1 heterocycles. The van der Waals surface area contributed by atoms with E-state index in [1.54, 1.807) is 42.5 Å². The van der Waals surface area contributed by atoms with Crippen LogP contribution in [0.3, 0.4) is 0 Å². The Kier molecular flexibility index (Phi) is 5.48. The fourth-order valence-corrected chi connectivity index (χ4v) is 3.19.